The average Bonchev–Trinajstić information content (AvgIpc) is 2.66. The Morgan fingerprint density at radius 1 is 1.38 bits per heavy atom. The fourth-order valence-electron chi connectivity index (χ4n) is 4.79. The van der Waals surface area contributed by atoms with Crippen molar-refractivity contribution in [1.82, 2.24) is 9.88 Å². The van der Waals surface area contributed by atoms with E-state index in [-0.39, 0.29) is 6.04 Å². The van der Waals surface area contributed by atoms with Gasteiger partial charge in [0, 0.05) is 30.2 Å². The Kier molecular flexibility index (Phi) is 4.19. The number of hydrogen-bond acceptors (Lipinski definition) is 4. The third-order valence-electron chi connectivity index (χ3n) is 6.22. The number of piperidine rings is 3. The second-order valence-corrected chi connectivity index (χ2v) is 7.32. The van der Waals surface area contributed by atoms with Crippen LogP contribution in [-0.4, -0.2) is 36.1 Å². The van der Waals surface area contributed by atoms with Gasteiger partial charge >= 0.3 is 0 Å². The topological polar surface area (TPSA) is 51.4 Å². The summed E-state index contributed by atoms with van der Waals surface area (Å²) in [5, 5.41) is 1.12. The predicted octanol–water partition coefficient (Wildman–Crippen LogP) is 3.36. The van der Waals surface area contributed by atoms with Crippen LogP contribution in [0.5, 0.6) is 5.75 Å². The van der Waals surface area contributed by atoms with Gasteiger partial charge in [-0.3, -0.25) is 9.88 Å². The average molecular weight is 325 g/mol. The summed E-state index contributed by atoms with van der Waals surface area (Å²) in [6, 6.07) is 8.62. The van der Waals surface area contributed by atoms with Crippen LogP contribution in [0.4, 0.5) is 0 Å². The van der Waals surface area contributed by atoms with Crippen LogP contribution in [0.15, 0.2) is 30.5 Å². The molecule has 2 unspecified atom stereocenters. The Balaban J connectivity index is 1.68. The fourth-order valence-corrected chi connectivity index (χ4v) is 4.79. The van der Waals surface area contributed by atoms with Gasteiger partial charge in [-0.15, -0.1) is 0 Å². The Bertz CT molecular complexity index is 732. The number of aromatic nitrogens is 1. The number of hydrogen-bond donors (Lipinski definition) is 1. The van der Waals surface area contributed by atoms with Gasteiger partial charge in [0.05, 0.1) is 12.6 Å². The summed E-state index contributed by atoms with van der Waals surface area (Å²) in [7, 11) is 1.70. The fraction of sp³-hybridized carbons (Fsp3) is 0.550. The van der Waals surface area contributed by atoms with E-state index in [2.05, 4.69) is 28.9 Å². The van der Waals surface area contributed by atoms with Crippen LogP contribution >= 0.6 is 0 Å². The van der Waals surface area contributed by atoms with E-state index < -0.39 is 0 Å². The third-order valence-corrected chi connectivity index (χ3v) is 6.22. The highest BCUT2D eigenvalue weighted by molar-refractivity contribution is 5.84. The summed E-state index contributed by atoms with van der Waals surface area (Å²) in [4.78, 5) is 7.12. The maximum Gasteiger partial charge on any atom is 0.119 e. The van der Waals surface area contributed by atoms with Gasteiger partial charge in [-0.05, 0) is 61.1 Å². The van der Waals surface area contributed by atoms with Crippen LogP contribution in [0, 0.1) is 11.8 Å². The molecular weight excluding hydrogens is 298 g/mol. The van der Waals surface area contributed by atoms with E-state index in [1.807, 2.05) is 18.3 Å². The van der Waals surface area contributed by atoms with Crippen LogP contribution in [0.3, 0.4) is 0 Å². The lowest BCUT2D eigenvalue weighted by Crippen LogP contribution is -2.56. The van der Waals surface area contributed by atoms with E-state index in [1.165, 1.54) is 37.9 Å². The van der Waals surface area contributed by atoms with Crippen molar-refractivity contribution in [2.24, 2.45) is 17.6 Å². The highest BCUT2D eigenvalue weighted by atomic mass is 16.5. The largest absolute Gasteiger partial charge is 0.497 e. The molecule has 0 radical (unpaired) electrons. The van der Waals surface area contributed by atoms with Gasteiger partial charge in [0.2, 0.25) is 0 Å². The number of ether oxygens (including phenoxy) is 1. The van der Waals surface area contributed by atoms with Crippen molar-refractivity contribution in [2.75, 3.05) is 20.2 Å². The van der Waals surface area contributed by atoms with Crippen LogP contribution in [0.25, 0.3) is 10.9 Å². The first-order chi connectivity index (χ1) is 11.7. The Morgan fingerprint density at radius 2 is 2.25 bits per heavy atom. The Hall–Kier alpha value is -1.65. The maximum atomic E-state index is 6.79. The zero-order chi connectivity index (χ0) is 16.7. The number of nitrogens with two attached hydrogens (primary N) is 1. The molecule has 0 amide bonds. The first-order valence-electron chi connectivity index (χ1n) is 9.13. The van der Waals surface area contributed by atoms with E-state index in [0.717, 1.165) is 28.5 Å². The van der Waals surface area contributed by atoms with E-state index >= 15 is 0 Å². The minimum atomic E-state index is 0.0308. The molecule has 4 nitrogen and oxygen atoms in total. The molecule has 24 heavy (non-hydrogen) atoms. The number of benzene rings is 1. The first-order valence-corrected chi connectivity index (χ1v) is 9.13. The van der Waals surface area contributed by atoms with Crippen LogP contribution < -0.4 is 10.5 Å². The molecule has 3 fully saturated rings. The van der Waals surface area contributed by atoms with Crippen molar-refractivity contribution in [1.29, 1.82) is 0 Å². The quantitative estimate of drug-likeness (QED) is 0.936. The van der Waals surface area contributed by atoms with Crippen molar-refractivity contribution >= 4 is 10.9 Å². The standard InChI is InChI=1S/C20H27N3O/c1-3-13-12-23-9-7-14(13)10-19(23)20(21)16-6-8-22-18-5-4-15(24-2)11-17(16)18/h4-6,8,11,13-14,19-20H,3,7,9-10,12,21H2,1-2H3/t13-,14+,19-,20?/m1/s1. The lowest BCUT2D eigenvalue weighted by molar-refractivity contribution is -0.0105. The van der Waals surface area contributed by atoms with Crippen molar-refractivity contribution in [2.45, 2.75) is 38.3 Å². The van der Waals surface area contributed by atoms with Gasteiger partial charge in [0.15, 0.2) is 0 Å². The molecule has 4 heteroatoms. The molecule has 128 valence electrons. The van der Waals surface area contributed by atoms with E-state index in [9.17, 15) is 0 Å². The number of pyridine rings is 1. The van der Waals surface area contributed by atoms with Gasteiger partial charge in [0.25, 0.3) is 0 Å². The zero-order valence-electron chi connectivity index (χ0n) is 14.6. The van der Waals surface area contributed by atoms with Crippen LogP contribution in [0.1, 0.15) is 37.8 Å². The molecule has 5 atom stereocenters. The van der Waals surface area contributed by atoms with E-state index in [1.54, 1.807) is 7.11 Å². The molecule has 5 rings (SSSR count). The second-order valence-electron chi connectivity index (χ2n) is 7.32. The summed E-state index contributed by atoms with van der Waals surface area (Å²) < 4.78 is 5.40. The van der Waals surface area contributed by atoms with Crippen molar-refractivity contribution < 1.29 is 4.74 Å². The minimum absolute atomic E-state index is 0.0308. The maximum absolute atomic E-state index is 6.79. The molecule has 1 aromatic carbocycles. The van der Waals surface area contributed by atoms with Gasteiger partial charge < -0.3 is 10.5 Å². The lowest BCUT2D eigenvalue weighted by atomic mass is 9.72. The minimum Gasteiger partial charge on any atom is -0.497 e. The van der Waals surface area contributed by atoms with Gasteiger partial charge in [0.1, 0.15) is 5.75 Å². The highest BCUT2D eigenvalue weighted by Crippen LogP contribution is 2.42. The summed E-state index contributed by atoms with van der Waals surface area (Å²) in [6.45, 7) is 4.74. The third kappa shape index (κ3) is 2.58. The lowest BCUT2D eigenvalue weighted by Gasteiger charge is -2.51. The van der Waals surface area contributed by atoms with E-state index in [4.69, 9.17) is 10.5 Å². The molecule has 0 aliphatic carbocycles. The molecule has 2 aromatic rings. The van der Waals surface area contributed by atoms with Crippen molar-refractivity contribution in [3.05, 3.63) is 36.0 Å². The molecular formula is C20H27N3O. The monoisotopic (exact) mass is 325 g/mol. The number of rotatable bonds is 4. The summed E-state index contributed by atoms with van der Waals surface area (Å²) in [5.74, 6) is 2.57. The molecule has 0 spiro atoms. The van der Waals surface area contributed by atoms with Crippen molar-refractivity contribution in [3.63, 3.8) is 0 Å². The molecule has 3 aliphatic rings. The van der Waals surface area contributed by atoms with E-state index in [0.29, 0.717) is 6.04 Å². The highest BCUT2D eigenvalue weighted by Gasteiger charge is 2.41. The first kappa shape index (κ1) is 15.9. The molecule has 3 aliphatic heterocycles. The number of nitrogens with zero attached hydrogens (tertiary/aromatic N) is 2. The predicted molar refractivity (Wildman–Crippen MR) is 97.1 cm³/mol. The zero-order valence-corrected chi connectivity index (χ0v) is 14.6. The van der Waals surface area contributed by atoms with Crippen molar-refractivity contribution in [3.8, 4) is 5.75 Å². The molecule has 3 saturated heterocycles. The Labute approximate surface area is 144 Å². The second kappa shape index (κ2) is 6.34. The summed E-state index contributed by atoms with van der Waals surface area (Å²) in [5.41, 5.74) is 8.98. The van der Waals surface area contributed by atoms with Crippen LogP contribution in [-0.2, 0) is 0 Å². The summed E-state index contributed by atoms with van der Waals surface area (Å²) >= 11 is 0. The SMILES string of the molecule is CC[C@@H]1CN2CC[C@H]1C[C@@H]2C(N)c1ccnc2ccc(OC)cc12. The molecule has 2 bridgehead atoms. The van der Waals surface area contributed by atoms with Crippen LogP contribution in [0.2, 0.25) is 0 Å². The number of fused-ring (bicyclic) bond motifs is 4. The molecule has 0 saturated carbocycles. The smallest absolute Gasteiger partial charge is 0.119 e. The number of methoxy groups -OCH3 is 1. The molecule has 1 aromatic heterocycles. The molecule has 2 N–H and O–H groups in total. The van der Waals surface area contributed by atoms with Gasteiger partial charge in [-0.25, -0.2) is 0 Å². The van der Waals surface area contributed by atoms with Gasteiger partial charge in [-0.1, -0.05) is 13.3 Å². The van der Waals surface area contributed by atoms with Gasteiger partial charge in [-0.2, -0.15) is 0 Å². The molecule has 4 heterocycles. The Morgan fingerprint density at radius 3 is 2.96 bits per heavy atom. The normalized spacial score (nSPS) is 30.5. The summed E-state index contributed by atoms with van der Waals surface area (Å²) in [6.07, 6.45) is 5.74.